The highest BCUT2D eigenvalue weighted by Gasteiger charge is 2.25. The Morgan fingerprint density at radius 2 is 2.30 bits per heavy atom. The molecule has 1 rings (SSSR count). The predicted octanol–water partition coefficient (Wildman–Crippen LogP) is 3.53. The first kappa shape index (κ1) is 7.84. The zero-order valence-electron chi connectivity index (χ0n) is 7.41. The molecule has 0 N–H and O–H groups in total. The summed E-state index contributed by atoms with van der Waals surface area (Å²) in [4.78, 5) is 0. The molecule has 0 heterocycles. The molecule has 0 aliphatic heterocycles. The van der Waals surface area contributed by atoms with Gasteiger partial charge >= 0.3 is 0 Å². The van der Waals surface area contributed by atoms with Crippen LogP contribution in [-0.2, 0) is 0 Å². The Bertz CT molecular complexity index is 144. The van der Waals surface area contributed by atoms with Gasteiger partial charge in [0, 0.05) is 0 Å². The van der Waals surface area contributed by atoms with Gasteiger partial charge in [0.05, 0.1) is 0 Å². The summed E-state index contributed by atoms with van der Waals surface area (Å²) < 4.78 is 0. The van der Waals surface area contributed by atoms with Crippen LogP contribution in [0.1, 0.15) is 46.5 Å². The fraction of sp³-hybridized carbons (Fsp3) is 0.800. The van der Waals surface area contributed by atoms with Gasteiger partial charge in [-0.05, 0) is 38.0 Å². The Hall–Kier alpha value is -0.260. The molecule has 0 heteroatoms. The van der Waals surface area contributed by atoms with Crippen molar-refractivity contribution < 1.29 is 0 Å². The van der Waals surface area contributed by atoms with Gasteiger partial charge in [-0.3, -0.25) is 0 Å². The lowest BCUT2D eigenvalue weighted by Crippen LogP contribution is -2.19. The summed E-state index contributed by atoms with van der Waals surface area (Å²) in [7, 11) is 0. The molecule has 0 saturated heterocycles. The summed E-state index contributed by atoms with van der Waals surface area (Å²) in [5.74, 6) is 0. The first-order chi connectivity index (χ1) is 4.69. The number of rotatable bonds is 1. The summed E-state index contributed by atoms with van der Waals surface area (Å²) in [6.45, 7) is 6.96. The van der Waals surface area contributed by atoms with Crippen molar-refractivity contribution in [3.63, 3.8) is 0 Å². The van der Waals surface area contributed by atoms with E-state index in [1.165, 1.54) is 25.7 Å². The summed E-state index contributed by atoms with van der Waals surface area (Å²) in [5.41, 5.74) is 2.15. The van der Waals surface area contributed by atoms with Gasteiger partial charge < -0.3 is 0 Å². The number of hydrogen-bond donors (Lipinski definition) is 0. The highest BCUT2D eigenvalue weighted by atomic mass is 14.3. The Morgan fingerprint density at radius 1 is 1.60 bits per heavy atom. The normalized spacial score (nSPS) is 33.7. The zero-order chi connectivity index (χ0) is 7.61. The van der Waals surface area contributed by atoms with E-state index in [-0.39, 0.29) is 0 Å². The molecular weight excluding hydrogens is 120 g/mol. The maximum atomic E-state index is 2.41. The highest BCUT2D eigenvalue weighted by Crippen LogP contribution is 2.39. The third-order valence-electron chi connectivity index (χ3n) is 3.12. The molecule has 0 radical (unpaired) electrons. The molecule has 0 aromatic rings. The average molecular weight is 138 g/mol. The summed E-state index contributed by atoms with van der Waals surface area (Å²) >= 11 is 0. The molecule has 1 unspecified atom stereocenters. The van der Waals surface area contributed by atoms with Crippen LogP contribution in [0, 0.1) is 5.41 Å². The zero-order valence-corrected chi connectivity index (χ0v) is 7.41. The van der Waals surface area contributed by atoms with Crippen molar-refractivity contribution in [1.29, 1.82) is 0 Å². The van der Waals surface area contributed by atoms with Crippen molar-refractivity contribution in [1.82, 2.24) is 0 Å². The lowest BCUT2D eigenvalue weighted by molar-refractivity contribution is 0.325. The first-order valence-corrected chi connectivity index (χ1v) is 4.36. The summed E-state index contributed by atoms with van der Waals surface area (Å²) in [5, 5.41) is 0. The van der Waals surface area contributed by atoms with Gasteiger partial charge in [-0.1, -0.05) is 25.5 Å². The molecule has 1 aliphatic rings. The predicted molar refractivity (Wildman–Crippen MR) is 46.0 cm³/mol. The van der Waals surface area contributed by atoms with Crippen LogP contribution < -0.4 is 0 Å². The second-order valence-corrected chi connectivity index (χ2v) is 3.69. The molecule has 10 heavy (non-hydrogen) atoms. The average Bonchev–Trinajstić information content (AvgIpc) is 1.96. The lowest BCUT2D eigenvalue weighted by Gasteiger charge is -2.32. The van der Waals surface area contributed by atoms with Crippen LogP contribution in [0.3, 0.4) is 0 Å². The van der Waals surface area contributed by atoms with Crippen LogP contribution in [0.25, 0.3) is 0 Å². The molecule has 0 amide bonds. The van der Waals surface area contributed by atoms with E-state index in [9.17, 15) is 0 Å². The van der Waals surface area contributed by atoms with E-state index in [2.05, 4.69) is 26.8 Å². The van der Waals surface area contributed by atoms with E-state index in [1.54, 1.807) is 5.57 Å². The Morgan fingerprint density at radius 3 is 2.70 bits per heavy atom. The van der Waals surface area contributed by atoms with Crippen LogP contribution in [0.15, 0.2) is 11.6 Å². The van der Waals surface area contributed by atoms with Crippen molar-refractivity contribution in [2.24, 2.45) is 5.41 Å². The molecule has 1 atom stereocenters. The molecule has 58 valence electrons. The van der Waals surface area contributed by atoms with E-state index in [4.69, 9.17) is 0 Å². The summed E-state index contributed by atoms with van der Waals surface area (Å²) in [6.07, 6.45) is 7.80. The van der Waals surface area contributed by atoms with E-state index in [0.29, 0.717) is 5.41 Å². The fourth-order valence-electron chi connectivity index (χ4n) is 1.71. The van der Waals surface area contributed by atoms with Crippen molar-refractivity contribution in [2.75, 3.05) is 0 Å². The van der Waals surface area contributed by atoms with Crippen LogP contribution in [0.4, 0.5) is 0 Å². The molecule has 0 fully saturated rings. The third kappa shape index (κ3) is 1.25. The third-order valence-corrected chi connectivity index (χ3v) is 3.12. The number of allylic oxidation sites excluding steroid dienone is 2. The molecule has 0 aromatic heterocycles. The quantitative estimate of drug-likeness (QED) is 0.486. The SMILES string of the molecule is CCC1(C)CCCC=C1C. The second kappa shape index (κ2) is 2.77. The smallest absolute Gasteiger partial charge is 0.0122 e. The second-order valence-electron chi connectivity index (χ2n) is 3.69. The maximum Gasteiger partial charge on any atom is -0.0122 e. The van der Waals surface area contributed by atoms with Gasteiger partial charge in [0.2, 0.25) is 0 Å². The van der Waals surface area contributed by atoms with Crippen molar-refractivity contribution >= 4 is 0 Å². The molecule has 1 aliphatic carbocycles. The molecule has 0 bridgehead atoms. The first-order valence-electron chi connectivity index (χ1n) is 4.36. The van der Waals surface area contributed by atoms with E-state index in [1.807, 2.05) is 0 Å². The van der Waals surface area contributed by atoms with Crippen LogP contribution in [-0.4, -0.2) is 0 Å². The molecule has 0 spiro atoms. The molecular formula is C10H18. The van der Waals surface area contributed by atoms with Gasteiger partial charge in [-0.25, -0.2) is 0 Å². The van der Waals surface area contributed by atoms with Crippen molar-refractivity contribution in [3.8, 4) is 0 Å². The standard InChI is InChI=1S/C10H18/c1-4-10(3)8-6-5-7-9(10)2/h7H,4-6,8H2,1-3H3. The van der Waals surface area contributed by atoms with Gasteiger partial charge in [-0.15, -0.1) is 0 Å². The van der Waals surface area contributed by atoms with Crippen LogP contribution in [0.2, 0.25) is 0 Å². The van der Waals surface area contributed by atoms with E-state index in [0.717, 1.165) is 0 Å². The fourth-order valence-corrected chi connectivity index (χ4v) is 1.71. The minimum Gasteiger partial charge on any atom is -0.0851 e. The largest absolute Gasteiger partial charge is 0.0851 e. The van der Waals surface area contributed by atoms with Gasteiger partial charge in [0.1, 0.15) is 0 Å². The molecule has 0 aromatic carbocycles. The van der Waals surface area contributed by atoms with Crippen LogP contribution >= 0.6 is 0 Å². The minimum atomic E-state index is 0.540. The number of hydrogen-bond acceptors (Lipinski definition) is 0. The minimum absolute atomic E-state index is 0.540. The van der Waals surface area contributed by atoms with Crippen molar-refractivity contribution in [3.05, 3.63) is 11.6 Å². The molecule has 0 nitrogen and oxygen atoms in total. The highest BCUT2D eigenvalue weighted by molar-refractivity contribution is 5.13. The van der Waals surface area contributed by atoms with Crippen LogP contribution in [0.5, 0.6) is 0 Å². The van der Waals surface area contributed by atoms with E-state index < -0.39 is 0 Å². The summed E-state index contributed by atoms with van der Waals surface area (Å²) in [6, 6.07) is 0. The Labute approximate surface area is 64.3 Å². The maximum absolute atomic E-state index is 2.41. The van der Waals surface area contributed by atoms with Gasteiger partial charge in [0.25, 0.3) is 0 Å². The van der Waals surface area contributed by atoms with E-state index >= 15 is 0 Å². The monoisotopic (exact) mass is 138 g/mol. The molecule has 0 saturated carbocycles. The van der Waals surface area contributed by atoms with Crippen molar-refractivity contribution in [2.45, 2.75) is 46.5 Å². The Kier molecular flexibility index (Phi) is 2.18. The topological polar surface area (TPSA) is 0 Å². The lowest BCUT2D eigenvalue weighted by atomic mass is 9.73. The Balaban J connectivity index is 2.74. The van der Waals surface area contributed by atoms with Gasteiger partial charge in [0.15, 0.2) is 0 Å². The van der Waals surface area contributed by atoms with Gasteiger partial charge in [-0.2, -0.15) is 0 Å².